The second kappa shape index (κ2) is 9.35. The maximum Gasteiger partial charge on any atom is 0.255 e. The SMILES string of the molecule is Cc1c[nH]c(=O)c2cc(F)c(-c3cc(-c4ccc(N5CCN(C(C)C)CC5)cc4)c(F)nc3N)cc12. The number of nitrogen functional groups attached to an aromatic ring is 1. The van der Waals surface area contributed by atoms with Crippen molar-refractivity contribution in [2.75, 3.05) is 36.8 Å². The fraction of sp³-hybridized carbons (Fsp3) is 0.286. The molecular formula is C28H29F2N5O. The third kappa shape index (κ3) is 4.33. The highest BCUT2D eigenvalue weighted by Gasteiger charge is 2.20. The number of H-pyrrole nitrogens is 1. The van der Waals surface area contributed by atoms with Crippen molar-refractivity contribution in [3.63, 3.8) is 0 Å². The van der Waals surface area contributed by atoms with E-state index in [2.05, 4.69) is 33.6 Å². The summed E-state index contributed by atoms with van der Waals surface area (Å²) in [6, 6.07) is 12.5. The number of nitrogens with one attached hydrogen (secondary N) is 1. The van der Waals surface area contributed by atoms with Crippen LogP contribution in [0.15, 0.2) is 53.5 Å². The van der Waals surface area contributed by atoms with Crippen LogP contribution in [0.3, 0.4) is 0 Å². The highest BCUT2D eigenvalue weighted by molar-refractivity contribution is 5.91. The van der Waals surface area contributed by atoms with E-state index in [0.29, 0.717) is 17.0 Å². The van der Waals surface area contributed by atoms with Crippen LogP contribution in [0.25, 0.3) is 33.0 Å². The maximum atomic E-state index is 15.1. The van der Waals surface area contributed by atoms with Gasteiger partial charge in [-0.2, -0.15) is 4.39 Å². The average molecular weight is 490 g/mol. The van der Waals surface area contributed by atoms with Gasteiger partial charge in [0.05, 0.1) is 5.39 Å². The number of halogens is 2. The van der Waals surface area contributed by atoms with Crippen LogP contribution in [0.2, 0.25) is 0 Å². The number of aryl methyl sites for hydroxylation is 1. The summed E-state index contributed by atoms with van der Waals surface area (Å²) in [4.78, 5) is 23.4. The zero-order valence-corrected chi connectivity index (χ0v) is 20.6. The Labute approximate surface area is 208 Å². The molecule has 0 radical (unpaired) electrons. The summed E-state index contributed by atoms with van der Waals surface area (Å²) in [6.45, 7) is 10.1. The lowest BCUT2D eigenvalue weighted by Crippen LogP contribution is -2.48. The third-order valence-electron chi connectivity index (χ3n) is 7.08. The number of fused-ring (bicyclic) bond motifs is 1. The summed E-state index contributed by atoms with van der Waals surface area (Å²) in [6.07, 6.45) is 1.58. The lowest BCUT2D eigenvalue weighted by molar-refractivity contribution is 0.209. The van der Waals surface area contributed by atoms with Crippen LogP contribution in [0.1, 0.15) is 19.4 Å². The number of nitrogens with zero attached hydrogens (tertiary/aromatic N) is 3. The highest BCUT2D eigenvalue weighted by Crippen LogP contribution is 2.35. The van der Waals surface area contributed by atoms with E-state index in [1.54, 1.807) is 12.3 Å². The van der Waals surface area contributed by atoms with E-state index in [4.69, 9.17) is 5.73 Å². The van der Waals surface area contributed by atoms with Crippen molar-refractivity contribution in [2.24, 2.45) is 0 Å². The summed E-state index contributed by atoms with van der Waals surface area (Å²) in [5.74, 6) is -1.46. The summed E-state index contributed by atoms with van der Waals surface area (Å²) in [5.41, 5.74) is 8.82. The van der Waals surface area contributed by atoms with Crippen LogP contribution in [-0.4, -0.2) is 47.1 Å². The first-order chi connectivity index (χ1) is 17.2. The Balaban J connectivity index is 1.50. The molecule has 0 unspecified atom stereocenters. The molecule has 36 heavy (non-hydrogen) atoms. The molecule has 8 heteroatoms. The Bertz CT molecular complexity index is 1490. The lowest BCUT2D eigenvalue weighted by Gasteiger charge is -2.38. The van der Waals surface area contributed by atoms with Crippen molar-refractivity contribution in [1.82, 2.24) is 14.9 Å². The summed E-state index contributed by atoms with van der Waals surface area (Å²) in [5, 5.41) is 0.845. The number of hydrogen-bond donors (Lipinski definition) is 2. The molecule has 1 aliphatic heterocycles. The molecule has 0 saturated carbocycles. The van der Waals surface area contributed by atoms with Gasteiger partial charge in [-0.25, -0.2) is 9.37 Å². The number of hydrogen-bond acceptors (Lipinski definition) is 5. The van der Waals surface area contributed by atoms with E-state index in [9.17, 15) is 9.18 Å². The standard InChI is InChI=1S/C28H29F2N5O/c1-16(2)34-8-10-35(11-9-34)19-6-4-18(5-7-19)21-13-23(27(31)33-26(21)30)22-12-20-17(3)15-32-28(36)24(20)14-25(22)29/h4-7,12-16H,8-11H2,1-3H3,(H2,31,33)(H,32,36). The third-order valence-corrected chi connectivity index (χ3v) is 7.08. The van der Waals surface area contributed by atoms with Crippen molar-refractivity contribution in [3.8, 4) is 22.3 Å². The molecule has 1 saturated heterocycles. The van der Waals surface area contributed by atoms with Crippen LogP contribution in [-0.2, 0) is 0 Å². The number of aromatic amines is 1. The van der Waals surface area contributed by atoms with E-state index < -0.39 is 11.8 Å². The predicted octanol–water partition coefficient (Wildman–Crippen LogP) is 4.96. The van der Waals surface area contributed by atoms with Crippen molar-refractivity contribution >= 4 is 22.3 Å². The monoisotopic (exact) mass is 489 g/mol. The topological polar surface area (TPSA) is 78.2 Å². The average Bonchev–Trinajstić information content (AvgIpc) is 2.87. The van der Waals surface area contributed by atoms with Gasteiger partial charge in [0.2, 0.25) is 5.95 Å². The Morgan fingerprint density at radius 1 is 0.944 bits per heavy atom. The minimum atomic E-state index is -0.719. The first kappa shape index (κ1) is 23.9. The zero-order valence-electron chi connectivity index (χ0n) is 20.6. The largest absolute Gasteiger partial charge is 0.383 e. The smallest absolute Gasteiger partial charge is 0.255 e. The molecule has 0 spiro atoms. The maximum absolute atomic E-state index is 15.1. The van der Waals surface area contributed by atoms with Crippen LogP contribution >= 0.6 is 0 Å². The van der Waals surface area contributed by atoms with E-state index >= 15 is 4.39 Å². The molecular weight excluding hydrogens is 460 g/mol. The highest BCUT2D eigenvalue weighted by atomic mass is 19.1. The predicted molar refractivity (Wildman–Crippen MR) is 141 cm³/mol. The molecule has 5 rings (SSSR count). The molecule has 2 aromatic carbocycles. The Morgan fingerprint density at radius 3 is 2.31 bits per heavy atom. The fourth-order valence-corrected chi connectivity index (χ4v) is 4.89. The van der Waals surface area contributed by atoms with E-state index in [-0.39, 0.29) is 33.5 Å². The molecule has 3 heterocycles. The van der Waals surface area contributed by atoms with Gasteiger partial charge in [-0.15, -0.1) is 0 Å². The van der Waals surface area contributed by atoms with Gasteiger partial charge in [-0.3, -0.25) is 9.69 Å². The number of anilines is 2. The van der Waals surface area contributed by atoms with Gasteiger partial charge in [-0.05, 0) is 67.6 Å². The molecule has 6 nitrogen and oxygen atoms in total. The first-order valence-electron chi connectivity index (χ1n) is 12.1. The molecule has 1 aliphatic rings. The van der Waals surface area contributed by atoms with Crippen molar-refractivity contribution in [3.05, 3.63) is 76.3 Å². The van der Waals surface area contributed by atoms with Gasteiger partial charge >= 0.3 is 0 Å². The molecule has 0 aliphatic carbocycles. The van der Waals surface area contributed by atoms with E-state index in [1.807, 2.05) is 31.2 Å². The van der Waals surface area contributed by atoms with Crippen molar-refractivity contribution in [2.45, 2.75) is 26.8 Å². The van der Waals surface area contributed by atoms with Gasteiger partial charge in [-0.1, -0.05) is 12.1 Å². The molecule has 186 valence electrons. The number of pyridine rings is 2. The van der Waals surface area contributed by atoms with Gasteiger partial charge < -0.3 is 15.6 Å². The molecule has 1 fully saturated rings. The Morgan fingerprint density at radius 2 is 1.64 bits per heavy atom. The second-order valence-corrected chi connectivity index (χ2v) is 9.60. The minimum Gasteiger partial charge on any atom is -0.383 e. The van der Waals surface area contributed by atoms with Gasteiger partial charge in [0.1, 0.15) is 11.6 Å². The summed E-state index contributed by atoms with van der Waals surface area (Å²) < 4.78 is 30.1. The van der Waals surface area contributed by atoms with Crippen molar-refractivity contribution in [1.29, 1.82) is 0 Å². The first-order valence-corrected chi connectivity index (χ1v) is 12.1. The normalized spacial score (nSPS) is 14.7. The Hall–Kier alpha value is -3.78. The molecule has 0 bridgehead atoms. The summed E-state index contributed by atoms with van der Waals surface area (Å²) in [7, 11) is 0. The molecule has 3 N–H and O–H groups in total. The van der Waals surface area contributed by atoms with Gasteiger partial charge in [0.15, 0.2) is 0 Å². The quantitative estimate of drug-likeness (QED) is 0.397. The minimum absolute atomic E-state index is 0.114. The van der Waals surface area contributed by atoms with E-state index in [1.165, 1.54) is 12.1 Å². The van der Waals surface area contributed by atoms with Gasteiger partial charge in [0, 0.05) is 60.8 Å². The number of benzene rings is 2. The van der Waals surface area contributed by atoms with Crippen molar-refractivity contribution < 1.29 is 8.78 Å². The van der Waals surface area contributed by atoms with Crippen LogP contribution in [0.5, 0.6) is 0 Å². The lowest BCUT2D eigenvalue weighted by atomic mass is 9.97. The number of piperazine rings is 1. The number of nitrogens with two attached hydrogens (primary N) is 1. The molecule has 0 atom stereocenters. The second-order valence-electron chi connectivity index (χ2n) is 9.60. The molecule has 4 aromatic rings. The van der Waals surface area contributed by atoms with Crippen LogP contribution in [0.4, 0.5) is 20.3 Å². The Kier molecular flexibility index (Phi) is 6.22. The van der Waals surface area contributed by atoms with Crippen LogP contribution in [0, 0.1) is 18.7 Å². The molecule has 0 amide bonds. The summed E-state index contributed by atoms with van der Waals surface area (Å²) >= 11 is 0. The van der Waals surface area contributed by atoms with E-state index in [0.717, 1.165) is 37.4 Å². The number of rotatable bonds is 4. The fourth-order valence-electron chi connectivity index (χ4n) is 4.89. The molecule has 2 aromatic heterocycles. The van der Waals surface area contributed by atoms with Crippen LogP contribution < -0.4 is 16.2 Å². The van der Waals surface area contributed by atoms with Gasteiger partial charge in [0.25, 0.3) is 5.56 Å². The zero-order chi connectivity index (χ0) is 25.6. The number of aromatic nitrogens is 2.